The summed E-state index contributed by atoms with van der Waals surface area (Å²) in [6, 6.07) is 20.2. The van der Waals surface area contributed by atoms with Crippen LogP contribution >= 0.6 is 34.7 Å². The van der Waals surface area contributed by atoms with Crippen LogP contribution in [0, 0.1) is 0 Å². The Balaban J connectivity index is 1.41. The third-order valence-corrected chi connectivity index (χ3v) is 7.12. The Hall–Kier alpha value is -2.67. The third-order valence-electron chi connectivity index (χ3n) is 4.66. The standard InChI is InChI=1S/C22H13ClN2O2S2/c23-14-5-3-4-13(10-14)12-28-22-24-18-9-8-15(11-19(18)29-22)25-20(26)16-6-1-2-7-17(16)21(25)27/h1-11H,12H2. The van der Waals surface area contributed by atoms with Crippen LogP contribution in [0.25, 0.3) is 10.2 Å². The van der Waals surface area contributed by atoms with Gasteiger partial charge in [-0.15, -0.1) is 11.3 Å². The molecule has 4 aromatic rings. The smallest absolute Gasteiger partial charge is 0.266 e. The topological polar surface area (TPSA) is 50.3 Å². The van der Waals surface area contributed by atoms with Crippen molar-refractivity contribution in [2.75, 3.05) is 4.90 Å². The highest BCUT2D eigenvalue weighted by molar-refractivity contribution is 8.00. The Morgan fingerprint density at radius 2 is 1.69 bits per heavy atom. The predicted molar refractivity (Wildman–Crippen MR) is 118 cm³/mol. The number of thiazole rings is 1. The van der Waals surface area contributed by atoms with Crippen molar-refractivity contribution in [2.24, 2.45) is 0 Å². The lowest BCUT2D eigenvalue weighted by molar-refractivity contribution is 0.0926. The molecule has 0 aliphatic carbocycles. The Bertz CT molecular complexity index is 1250. The molecule has 5 rings (SSSR count). The molecular formula is C22H13ClN2O2S2. The number of nitrogens with zero attached hydrogens (tertiary/aromatic N) is 2. The zero-order valence-electron chi connectivity index (χ0n) is 15.0. The van der Waals surface area contributed by atoms with E-state index in [9.17, 15) is 9.59 Å². The van der Waals surface area contributed by atoms with E-state index in [1.54, 1.807) is 53.4 Å². The third kappa shape index (κ3) is 3.33. The van der Waals surface area contributed by atoms with Gasteiger partial charge in [0.2, 0.25) is 0 Å². The highest BCUT2D eigenvalue weighted by atomic mass is 35.5. The molecule has 0 fully saturated rings. The zero-order valence-corrected chi connectivity index (χ0v) is 17.4. The summed E-state index contributed by atoms with van der Waals surface area (Å²) in [4.78, 5) is 31.3. The number of thioether (sulfide) groups is 1. The van der Waals surface area contributed by atoms with Crippen molar-refractivity contribution in [2.45, 2.75) is 10.1 Å². The van der Waals surface area contributed by atoms with Gasteiger partial charge in [-0.25, -0.2) is 9.88 Å². The first-order valence-corrected chi connectivity index (χ1v) is 11.0. The van der Waals surface area contributed by atoms with Crippen LogP contribution in [0.3, 0.4) is 0 Å². The monoisotopic (exact) mass is 436 g/mol. The highest BCUT2D eigenvalue weighted by Gasteiger charge is 2.36. The number of benzene rings is 3. The van der Waals surface area contributed by atoms with Crippen molar-refractivity contribution in [3.05, 3.63) is 88.4 Å². The molecule has 0 spiro atoms. The van der Waals surface area contributed by atoms with E-state index in [1.165, 1.54) is 4.90 Å². The van der Waals surface area contributed by atoms with Crippen molar-refractivity contribution < 1.29 is 9.59 Å². The summed E-state index contributed by atoms with van der Waals surface area (Å²) in [6.45, 7) is 0. The second-order valence-electron chi connectivity index (χ2n) is 6.54. The fourth-order valence-electron chi connectivity index (χ4n) is 3.29. The summed E-state index contributed by atoms with van der Waals surface area (Å²) >= 11 is 9.23. The van der Waals surface area contributed by atoms with E-state index in [-0.39, 0.29) is 11.8 Å². The van der Waals surface area contributed by atoms with Gasteiger partial charge < -0.3 is 0 Å². The zero-order chi connectivity index (χ0) is 20.0. The van der Waals surface area contributed by atoms with E-state index >= 15 is 0 Å². The van der Waals surface area contributed by atoms with Gasteiger partial charge in [-0.1, -0.05) is 47.6 Å². The number of halogens is 1. The Kier molecular flexibility index (Phi) is 4.62. The fourth-order valence-corrected chi connectivity index (χ4v) is 5.55. The van der Waals surface area contributed by atoms with E-state index in [2.05, 4.69) is 4.98 Å². The number of anilines is 1. The Morgan fingerprint density at radius 1 is 0.931 bits per heavy atom. The number of fused-ring (bicyclic) bond motifs is 2. The first-order chi connectivity index (χ1) is 14.1. The molecule has 1 aliphatic rings. The molecule has 1 aromatic heterocycles. The molecule has 0 radical (unpaired) electrons. The van der Waals surface area contributed by atoms with Gasteiger partial charge >= 0.3 is 0 Å². The number of imide groups is 1. The summed E-state index contributed by atoms with van der Waals surface area (Å²) in [6.07, 6.45) is 0. The summed E-state index contributed by atoms with van der Waals surface area (Å²) in [7, 11) is 0. The predicted octanol–water partition coefficient (Wildman–Crippen LogP) is 6.04. The van der Waals surface area contributed by atoms with Crippen molar-refractivity contribution in [3.63, 3.8) is 0 Å². The van der Waals surface area contributed by atoms with Gasteiger partial charge in [0.25, 0.3) is 11.8 Å². The second kappa shape index (κ2) is 7.30. The number of hydrogen-bond donors (Lipinski definition) is 0. The molecule has 4 nitrogen and oxygen atoms in total. The van der Waals surface area contributed by atoms with Crippen LogP contribution in [0.1, 0.15) is 26.3 Å². The molecule has 0 bridgehead atoms. The SMILES string of the molecule is O=C1c2ccccc2C(=O)N1c1ccc2nc(SCc3cccc(Cl)c3)sc2c1. The van der Waals surface area contributed by atoms with Gasteiger partial charge in [0.05, 0.1) is 27.0 Å². The molecule has 0 saturated heterocycles. The summed E-state index contributed by atoms with van der Waals surface area (Å²) in [5.41, 5.74) is 3.44. The average molecular weight is 437 g/mol. The Morgan fingerprint density at radius 3 is 2.41 bits per heavy atom. The van der Waals surface area contributed by atoms with Gasteiger partial charge in [-0.3, -0.25) is 9.59 Å². The fraction of sp³-hybridized carbons (Fsp3) is 0.0455. The normalized spacial score (nSPS) is 13.3. The lowest BCUT2D eigenvalue weighted by Crippen LogP contribution is -2.29. The molecule has 2 amide bonds. The molecule has 142 valence electrons. The molecule has 7 heteroatoms. The summed E-state index contributed by atoms with van der Waals surface area (Å²) < 4.78 is 1.87. The summed E-state index contributed by atoms with van der Waals surface area (Å²) in [5, 5.41) is 0.720. The van der Waals surface area contributed by atoms with Crippen molar-refractivity contribution >= 4 is 62.4 Å². The van der Waals surface area contributed by atoms with Crippen LogP contribution in [0.4, 0.5) is 5.69 Å². The number of carbonyl (C=O) groups excluding carboxylic acids is 2. The van der Waals surface area contributed by atoms with E-state index in [4.69, 9.17) is 11.6 Å². The summed E-state index contributed by atoms with van der Waals surface area (Å²) in [5.74, 6) is 0.195. The van der Waals surface area contributed by atoms with Crippen LogP contribution in [0.15, 0.2) is 71.1 Å². The van der Waals surface area contributed by atoms with Gasteiger partial charge in [-0.05, 0) is 48.0 Å². The van der Waals surface area contributed by atoms with Crippen molar-refractivity contribution in [3.8, 4) is 0 Å². The minimum atomic E-state index is -0.287. The molecule has 29 heavy (non-hydrogen) atoms. The molecule has 0 N–H and O–H groups in total. The van der Waals surface area contributed by atoms with E-state index < -0.39 is 0 Å². The molecule has 0 atom stereocenters. The molecular weight excluding hydrogens is 424 g/mol. The first kappa shape index (κ1) is 18.4. The minimum absolute atomic E-state index is 0.287. The van der Waals surface area contributed by atoms with Crippen LogP contribution in [0.2, 0.25) is 5.02 Å². The number of hydrogen-bond acceptors (Lipinski definition) is 5. The Labute approximate surface area is 180 Å². The van der Waals surface area contributed by atoms with Gasteiger partial charge in [0.1, 0.15) is 0 Å². The minimum Gasteiger partial charge on any atom is -0.268 e. The molecule has 0 unspecified atom stereocenters. The molecule has 1 aliphatic heterocycles. The average Bonchev–Trinajstić information content (AvgIpc) is 3.25. The first-order valence-electron chi connectivity index (χ1n) is 8.86. The number of carbonyl (C=O) groups is 2. The van der Waals surface area contributed by atoms with Crippen molar-refractivity contribution in [1.29, 1.82) is 0 Å². The van der Waals surface area contributed by atoms with Crippen LogP contribution < -0.4 is 4.90 Å². The van der Waals surface area contributed by atoms with Gasteiger partial charge in [0.15, 0.2) is 4.34 Å². The maximum Gasteiger partial charge on any atom is 0.266 e. The van der Waals surface area contributed by atoms with Crippen molar-refractivity contribution in [1.82, 2.24) is 4.98 Å². The molecule has 3 aromatic carbocycles. The number of amides is 2. The van der Waals surface area contributed by atoms with Gasteiger partial charge in [-0.2, -0.15) is 0 Å². The van der Waals surface area contributed by atoms with E-state index in [0.717, 1.165) is 30.9 Å². The largest absolute Gasteiger partial charge is 0.268 e. The van der Waals surface area contributed by atoms with Crippen LogP contribution in [-0.2, 0) is 5.75 Å². The van der Waals surface area contributed by atoms with E-state index in [0.29, 0.717) is 16.8 Å². The molecule has 0 saturated carbocycles. The number of rotatable bonds is 4. The highest BCUT2D eigenvalue weighted by Crippen LogP contribution is 2.36. The quantitative estimate of drug-likeness (QED) is 0.289. The lowest BCUT2D eigenvalue weighted by Gasteiger charge is -2.13. The van der Waals surface area contributed by atoms with Crippen LogP contribution in [-0.4, -0.2) is 16.8 Å². The second-order valence-corrected chi connectivity index (χ2v) is 9.23. The lowest BCUT2D eigenvalue weighted by atomic mass is 10.1. The van der Waals surface area contributed by atoms with E-state index in [1.807, 2.05) is 36.4 Å². The maximum atomic E-state index is 12.7. The van der Waals surface area contributed by atoms with Crippen LogP contribution in [0.5, 0.6) is 0 Å². The number of aromatic nitrogens is 1. The van der Waals surface area contributed by atoms with Gasteiger partial charge in [0, 0.05) is 10.8 Å². The maximum absolute atomic E-state index is 12.7. The molecule has 2 heterocycles.